The van der Waals surface area contributed by atoms with E-state index < -0.39 is 33.2 Å². The second kappa shape index (κ2) is 11.0. The van der Waals surface area contributed by atoms with Crippen LogP contribution >= 0.6 is 0 Å². The molecule has 0 bridgehead atoms. The number of carbonyl (C=O) groups excluding carboxylic acids is 1. The molecule has 32 heavy (non-hydrogen) atoms. The van der Waals surface area contributed by atoms with Gasteiger partial charge >= 0.3 is 0 Å². The van der Waals surface area contributed by atoms with Gasteiger partial charge in [0, 0.05) is 12.6 Å². The standard InChI is InChI=1S/C25H27FN2O3S/c1-20(16-17-21-10-4-2-5-11-21)27-25(29)19-28(18-22-12-6-3-7-13-22)32(30,31)24-15-9-8-14-23(24)26/h2-15,20H,16-19H2,1H3,(H,27,29)/t20-/m1/s1. The van der Waals surface area contributed by atoms with Gasteiger partial charge in [0.15, 0.2) is 0 Å². The summed E-state index contributed by atoms with van der Waals surface area (Å²) in [5, 5.41) is 2.87. The fourth-order valence-corrected chi connectivity index (χ4v) is 4.84. The molecule has 3 aromatic rings. The van der Waals surface area contributed by atoms with E-state index >= 15 is 0 Å². The predicted molar refractivity (Wildman–Crippen MR) is 123 cm³/mol. The second-order valence-corrected chi connectivity index (χ2v) is 9.59. The quantitative estimate of drug-likeness (QED) is 0.500. The molecule has 0 saturated carbocycles. The maximum Gasteiger partial charge on any atom is 0.246 e. The third-order valence-corrected chi connectivity index (χ3v) is 6.92. The van der Waals surface area contributed by atoms with Gasteiger partial charge in [-0.3, -0.25) is 4.79 Å². The van der Waals surface area contributed by atoms with E-state index in [1.165, 1.54) is 23.8 Å². The molecule has 0 unspecified atom stereocenters. The Kier molecular flexibility index (Phi) is 8.14. The molecule has 0 heterocycles. The van der Waals surface area contributed by atoms with Crippen LogP contribution < -0.4 is 5.32 Å². The van der Waals surface area contributed by atoms with Crippen LogP contribution in [0, 0.1) is 5.82 Å². The van der Waals surface area contributed by atoms with E-state index in [0.29, 0.717) is 12.0 Å². The first-order chi connectivity index (χ1) is 15.4. The number of benzene rings is 3. The van der Waals surface area contributed by atoms with Crippen LogP contribution in [0.15, 0.2) is 89.8 Å². The normalized spacial score (nSPS) is 12.5. The number of nitrogens with zero attached hydrogens (tertiary/aromatic N) is 1. The van der Waals surface area contributed by atoms with Gasteiger partial charge in [0.1, 0.15) is 10.7 Å². The molecule has 5 nitrogen and oxygen atoms in total. The highest BCUT2D eigenvalue weighted by Crippen LogP contribution is 2.21. The van der Waals surface area contributed by atoms with Crippen molar-refractivity contribution in [1.82, 2.24) is 9.62 Å². The summed E-state index contributed by atoms with van der Waals surface area (Å²) in [6.45, 7) is 1.44. The van der Waals surface area contributed by atoms with E-state index in [-0.39, 0.29) is 12.6 Å². The third-order valence-electron chi connectivity index (χ3n) is 5.09. The zero-order valence-corrected chi connectivity index (χ0v) is 18.8. The highest BCUT2D eigenvalue weighted by Gasteiger charge is 2.29. The summed E-state index contributed by atoms with van der Waals surface area (Å²) in [4.78, 5) is 12.3. The fourth-order valence-electron chi connectivity index (χ4n) is 3.39. The van der Waals surface area contributed by atoms with Gasteiger partial charge in [-0.05, 0) is 43.0 Å². The van der Waals surface area contributed by atoms with Gasteiger partial charge in [0.05, 0.1) is 6.54 Å². The number of aryl methyl sites for hydroxylation is 1. The number of hydrogen-bond donors (Lipinski definition) is 1. The summed E-state index contributed by atoms with van der Waals surface area (Å²) in [6, 6.07) is 23.9. The van der Waals surface area contributed by atoms with Crippen molar-refractivity contribution in [3.05, 3.63) is 102 Å². The highest BCUT2D eigenvalue weighted by molar-refractivity contribution is 7.89. The molecule has 0 aliphatic rings. The molecule has 1 N–H and O–H groups in total. The molecular weight excluding hydrogens is 427 g/mol. The van der Waals surface area contributed by atoms with Gasteiger partial charge in [0.2, 0.25) is 15.9 Å². The molecule has 0 spiro atoms. The smallest absolute Gasteiger partial charge is 0.246 e. The van der Waals surface area contributed by atoms with E-state index in [1.54, 1.807) is 24.3 Å². The summed E-state index contributed by atoms with van der Waals surface area (Å²) in [5.41, 5.74) is 1.87. The van der Waals surface area contributed by atoms with Crippen LogP contribution in [0.4, 0.5) is 4.39 Å². The van der Waals surface area contributed by atoms with E-state index in [0.717, 1.165) is 16.8 Å². The first-order valence-corrected chi connectivity index (χ1v) is 11.9. The molecule has 168 valence electrons. The Hall–Kier alpha value is -3.03. The maximum absolute atomic E-state index is 14.3. The number of rotatable bonds is 10. The Balaban J connectivity index is 1.72. The van der Waals surface area contributed by atoms with Gasteiger partial charge in [-0.2, -0.15) is 4.31 Å². The molecular formula is C25H27FN2O3S. The van der Waals surface area contributed by atoms with E-state index in [4.69, 9.17) is 0 Å². The number of amides is 1. The Morgan fingerprint density at radius 2 is 1.47 bits per heavy atom. The maximum atomic E-state index is 14.3. The van der Waals surface area contributed by atoms with Gasteiger partial charge < -0.3 is 5.32 Å². The number of hydrogen-bond acceptors (Lipinski definition) is 3. The minimum absolute atomic E-state index is 0.0384. The van der Waals surface area contributed by atoms with E-state index in [1.807, 2.05) is 43.3 Å². The van der Waals surface area contributed by atoms with Crippen LogP contribution in [0.5, 0.6) is 0 Å². The molecule has 0 aliphatic carbocycles. The van der Waals surface area contributed by atoms with Crippen molar-refractivity contribution < 1.29 is 17.6 Å². The van der Waals surface area contributed by atoms with Gasteiger partial charge in [0.25, 0.3) is 0 Å². The van der Waals surface area contributed by atoms with Crippen molar-refractivity contribution in [2.45, 2.75) is 37.2 Å². The Morgan fingerprint density at radius 1 is 0.906 bits per heavy atom. The summed E-state index contributed by atoms with van der Waals surface area (Å²) in [5.74, 6) is -1.27. The van der Waals surface area contributed by atoms with Crippen LogP contribution in [0.2, 0.25) is 0 Å². The average Bonchev–Trinajstić information content (AvgIpc) is 2.79. The molecule has 1 atom stereocenters. The van der Waals surface area contributed by atoms with Crippen molar-refractivity contribution in [2.75, 3.05) is 6.54 Å². The lowest BCUT2D eigenvalue weighted by Gasteiger charge is -2.23. The first-order valence-electron chi connectivity index (χ1n) is 10.5. The first kappa shape index (κ1) is 23.6. The van der Waals surface area contributed by atoms with Crippen molar-refractivity contribution in [3.8, 4) is 0 Å². The molecule has 7 heteroatoms. The largest absolute Gasteiger partial charge is 0.352 e. The topological polar surface area (TPSA) is 66.5 Å². The third kappa shape index (κ3) is 6.48. The Morgan fingerprint density at radius 3 is 2.09 bits per heavy atom. The zero-order valence-electron chi connectivity index (χ0n) is 17.9. The van der Waals surface area contributed by atoms with Crippen molar-refractivity contribution in [1.29, 1.82) is 0 Å². The fraction of sp³-hybridized carbons (Fsp3) is 0.240. The monoisotopic (exact) mass is 454 g/mol. The highest BCUT2D eigenvalue weighted by atomic mass is 32.2. The minimum atomic E-state index is -4.22. The van der Waals surface area contributed by atoms with E-state index in [2.05, 4.69) is 5.32 Å². The van der Waals surface area contributed by atoms with Crippen LogP contribution in [-0.2, 0) is 27.8 Å². The van der Waals surface area contributed by atoms with Crippen LogP contribution in [0.3, 0.4) is 0 Å². The summed E-state index contributed by atoms with van der Waals surface area (Å²) < 4.78 is 41.7. The lowest BCUT2D eigenvalue weighted by atomic mass is 10.1. The molecule has 0 saturated heterocycles. The zero-order chi connectivity index (χ0) is 23.0. The predicted octanol–water partition coefficient (Wildman–Crippen LogP) is 4.15. The number of nitrogens with one attached hydrogen (secondary N) is 1. The summed E-state index contributed by atoms with van der Waals surface area (Å²) in [7, 11) is -4.22. The van der Waals surface area contributed by atoms with Crippen LogP contribution in [-0.4, -0.2) is 31.2 Å². The van der Waals surface area contributed by atoms with E-state index in [9.17, 15) is 17.6 Å². The summed E-state index contributed by atoms with van der Waals surface area (Å²) in [6.07, 6.45) is 1.51. The number of sulfonamides is 1. The Bertz CT molecular complexity index is 1120. The van der Waals surface area contributed by atoms with Gasteiger partial charge in [-0.15, -0.1) is 0 Å². The summed E-state index contributed by atoms with van der Waals surface area (Å²) >= 11 is 0. The number of carbonyl (C=O) groups is 1. The molecule has 3 aromatic carbocycles. The van der Waals surface area contributed by atoms with Crippen LogP contribution in [0.1, 0.15) is 24.5 Å². The molecule has 0 aliphatic heterocycles. The number of halogens is 1. The molecule has 0 fully saturated rings. The van der Waals surface area contributed by atoms with Gasteiger partial charge in [-0.25, -0.2) is 12.8 Å². The minimum Gasteiger partial charge on any atom is -0.352 e. The SMILES string of the molecule is C[C@H](CCc1ccccc1)NC(=O)CN(Cc1ccccc1)S(=O)(=O)c1ccccc1F. The molecule has 0 aromatic heterocycles. The lowest BCUT2D eigenvalue weighted by molar-refractivity contribution is -0.122. The average molecular weight is 455 g/mol. The van der Waals surface area contributed by atoms with Crippen molar-refractivity contribution >= 4 is 15.9 Å². The Labute approximate surface area is 188 Å². The van der Waals surface area contributed by atoms with Crippen molar-refractivity contribution in [3.63, 3.8) is 0 Å². The van der Waals surface area contributed by atoms with Crippen molar-refractivity contribution in [2.24, 2.45) is 0 Å². The molecule has 3 rings (SSSR count). The second-order valence-electron chi connectivity index (χ2n) is 7.68. The molecule has 1 amide bonds. The van der Waals surface area contributed by atoms with Gasteiger partial charge in [-0.1, -0.05) is 72.8 Å². The lowest BCUT2D eigenvalue weighted by Crippen LogP contribution is -2.43. The van der Waals surface area contributed by atoms with Crippen LogP contribution in [0.25, 0.3) is 0 Å². The molecule has 0 radical (unpaired) electrons.